The third-order valence-electron chi connectivity index (χ3n) is 4.19. The second kappa shape index (κ2) is 9.20. The van der Waals surface area contributed by atoms with E-state index in [1.807, 2.05) is 12.2 Å². The summed E-state index contributed by atoms with van der Waals surface area (Å²) in [5.41, 5.74) is 0.702. The minimum absolute atomic E-state index is 0. The standard InChI is InChI=1S/C17H19FN2O3.2ClH/c18-11-5-6-12-13(17(22)23)10-20(15(12)9-11)8-2-3-14-16(21)4-1-7-19-14;;/h2-3,5-6,9-10,14,16,19,21H,1,4,7-8H2,(H,22,23);2*1H/b3-2+;;. The van der Waals surface area contributed by atoms with E-state index < -0.39 is 17.9 Å². The van der Waals surface area contributed by atoms with Crippen LogP contribution < -0.4 is 5.32 Å². The minimum atomic E-state index is -1.03. The lowest BCUT2D eigenvalue weighted by molar-refractivity contribution is 0.0698. The summed E-state index contributed by atoms with van der Waals surface area (Å²) < 4.78 is 15.2. The van der Waals surface area contributed by atoms with Crippen molar-refractivity contribution in [3.05, 3.63) is 47.9 Å². The Morgan fingerprint density at radius 3 is 2.84 bits per heavy atom. The first-order valence-corrected chi connectivity index (χ1v) is 7.66. The molecule has 8 heteroatoms. The highest BCUT2D eigenvalue weighted by Crippen LogP contribution is 2.23. The van der Waals surface area contributed by atoms with E-state index in [4.69, 9.17) is 0 Å². The van der Waals surface area contributed by atoms with E-state index in [0.29, 0.717) is 17.4 Å². The number of rotatable bonds is 4. The number of nitrogens with one attached hydrogen (secondary N) is 1. The average molecular weight is 391 g/mol. The fourth-order valence-corrected chi connectivity index (χ4v) is 3.00. The van der Waals surface area contributed by atoms with Crippen LogP contribution in [-0.2, 0) is 6.54 Å². The largest absolute Gasteiger partial charge is 0.478 e. The van der Waals surface area contributed by atoms with E-state index in [-0.39, 0.29) is 36.4 Å². The van der Waals surface area contributed by atoms with Crippen molar-refractivity contribution < 1.29 is 19.4 Å². The lowest BCUT2D eigenvalue weighted by Crippen LogP contribution is -2.43. The van der Waals surface area contributed by atoms with Crippen molar-refractivity contribution in [3.63, 3.8) is 0 Å². The molecule has 2 aromatic rings. The molecule has 2 atom stereocenters. The van der Waals surface area contributed by atoms with Crippen LogP contribution >= 0.6 is 24.8 Å². The summed E-state index contributed by atoms with van der Waals surface area (Å²) in [5, 5.41) is 22.9. The van der Waals surface area contributed by atoms with Crippen LogP contribution in [0.4, 0.5) is 4.39 Å². The van der Waals surface area contributed by atoms with Crippen molar-refractivity contribution in [1.82, 2.24) is 9.88 Å². The number of hydrogen-bond acceptors (Lipinski definition) is 3. The van der Waals surface area contributed by atoms with Crippen molar-refractivity contribution in [2.75, 3.05) is 6.54 Å². The topological polar surface area (TPSA) is 74.5 Å². The van der Waals surface area contributed by atoms with Gasteiger partial charge in [0, 0.05) is 18.1 Å². The molecule has 138 valence electrons. The molecule has 0 bridgehead atoms. The number of nitrogens with zero attached hydrogens (tertiary/aromatic N) is 1. The number of benzene rings is 1. The van der Waals surface area contributed by atoms with Gasteiger partial charge in [-0.15, -0.1) is 24.8 Å². The average Bonchev–Trinajstić information content (AvgIpc) is 2.87. The molecule has 0 radical (unpaired) electrons. The van der Waals surface area contributed by atoms with Crippen molar-refractivity contribution in [1.29, 1.82) is 0 Å². The smallest absolute Gasteiger partial charge is 0.337 e. The number of halogens is 3. The maximum atomic E-state index is 13.5. The number of carboxylic acid groups (broad SMARTS) is 1. The second-order valence-electron chi connectivity index (χ2n) is 5.78. The first-order valence-electron chi connectivity index (χ1n) is 7.66. The maximum absolute atomic E-state index is 13.5. The van der Waals surface area contributed by atoms with Gasteiger partial charge in [0.05, 0.1) is 23.2 Å². The van der Waals surface area contributed by atoms with Crippen LogP contribution in [0.5, 0.6) is 0 Å². The van der Waals surface area contributed by atoms with E-state index in [1.165, 1.54) is 24.4 Å². The summed E-state index contributed by atoms with van der Waals surface area (Å²) in [6.45, 7) is 1.28. The molecule has 0 saturated carbocycles. The molecule has 2 unspecified atom stereocenters. The second-order valence-corrected chi connectivity index (χ2v) is 5.78. The number of carboxylic acids is 1. The number of aromatic nitrogens is 1. The molecule has 1 aromatic carbocycles. The summed E-state index contributed by atoms with van der Waals surface area (Å²) in [6.07, 6.45) is 6.57. The van der Waals surface area contributed by atoms with E-state index in [2.05, 4.69) is 5.32 Å². The van der Waals surface area contributed by atoms with Crippen molar-refractivity contribution in [2.24, 2.45) is 0 Å². The van der Waals surface area contributed by atoms with Gasteiger partial charge in [0.25, 0.3) is 0 Å². The van der Waals surface area contributed by atoms with Gasteiger partial charge in [-0.1, -0.05) is 12.2 Å². The molecule has 1 aliphatic heterocycles. The lowest BCUT2D eigenvalue weighted by Gasteiger charge is -2.26. The van der Waals surface area contributed by atoms with Gasteiger partial charge in [-0.05, 0) is 37.6 Å². The Labute approximate surface area is 157 Å². The first kappa shape index (κ1) is 21.4. The summed E-state index contributed by atoms with van der Waals surface area (Å²) in [6, 6.07) is 3.99. The highest BCUT2D eigenvalue weighted by atomic mass is 35.5. The third-order valence-corrected chi connectivity index (χ3v) is 4.19. The molecule has 2 heterocycles. The number of allylic oxidation sites excluding steroid dienone is 1. The Kier molecular flexibility index (Phi) is 7.89. The Bertz CT molecular complexity index is 764. The SMILES string of the molecule is Cl.Cl.O=C(O)c1cn(C/C=C/C2NCCCC2O)c2cc(F)ccc12. The zero-order valence-electron chi connectivity index (χ0n) is 13.4. The predicted octanol–water partition coefficient (Wildman–Crippen LogP) is 2.99. The van der Waals surface area contributed by atoms with Crippen LogP contribution in [-0.4, -0.2) is 39.4 Å². The van der Waals surface area contributed by atoms with Gasteiger partial charge < -0.3 is 20.1 Å². The predicted molar refractivity (Wildman–Crippen MR) is 99.5 cm³/mol. The van der Waals surface area contributed by atoms with Crippen LogP contribution in [0, 0.1) is 5.82 Å². The maximum Gasteiger partial charge on any atom is 0.337 e. The van der Waals surface area contributed by atoms with Gasteiger partial charge in [-0.25, -0.2) is 9.18 Å². The highest BCUT2D eigenvalue weighted by Gasteiger charge is 2.19. The summed E-state index contributed by atoms with van der Waals surface area (Å²) >= 11 is 0. The Morgan fingerprint density at radius 1 is 1.40 bits per heavy atom. The first-order chi connectivity index (χ1) is 11.1. The molecule has 1 saturated heterocycles. The van der Waals surface area contributed by atoms with Crippen molar-refractivity contribution in [2.45, 2.75) is 31.5 Å². The number of piperidine rings is 1. The molecule has 0 aliphatic carbocycles. The van der Waals surface area contributed by atoms with Crippen LogP contribution in [0.2, 0.25) is 0 Å². The fourth-order valence-electron chi connectivity index (χ4n) is 3.00. The van der Waals surface area contributed by atoms with Gasteiger partial charge in [-0.3, -0.25) is 0 Å². The molecule has 25 heavy (non-hydrogen) atoms. The van der Waals surface area contributed by atoms with Crippen molar-refractivity contribution >= 4 is 41.7 Å². The highest BCUT2D eigenvalue weighted by molar-refractivity contribution is 6.03. The zero-order chi connectivity index (χ0) is 16.4. The van der Waals surface area contributed by atoms with E-state index in [0.717, 1.165) is 19.4 Å². The Hall–Kier alpha value is -1.60. The molecule has 1 aliphatic rings. The van der Waals surface area contributed by atoms with Gasteiger partial charge in [-0.2, -0.15) is 0 Å². The number of aliphatic hydroxyl groups is 1. The number of aliphatic hydroxyl groups excluding tert-OH is 1. The minimum Gasteiger partial charge on any atom is -0.478 e. The Balaban J connectivity index is 0.00000156. The summed E-state index contributed by atoms with van der Waals surface area (Å²) in [7, 11) is 0. The number of aromatic carboxylic acids is 1. The molecule has 3 N–H and O–H groups in total. The monoisotopic (exact) mass is 390 g/mol. The van der Waals surface area contributed by atoms with E-state index in [9.17, 15) is 19.4 Å². The van der Waals surface area contributed by atoms with Crippen molar-refractivity contribution in [3.8, 4) is 0 Å². The molecule has 3 rings (SSSR count). The van der Waals surface area contributed by atoms with Crippen LogP contribution in [0.25, 0.3) is 10.9 Å². The fraction of sp³-hybridized carbons (Fsp3) is 0.353. The quantitative estimate of drug-likeness (QED) is 0.701. The molecule has 1 aromatic heterocycles. The number of hydrogen-bond donors (Lipinski definition) is 3. The van der Waals surface area contributed by atoms with Gasteiger partial charge in [0.1, 0.15) is 5.82 Å². The molecule has 1 fully saturated rings. The van der Waals surface area contributed by atoms with Crippen LogP contribution in [0.15, 0.2) is 36.5 Å². The Morgan fingerprint density at radius 2 is 2.16 bits per heavy atom. The molecular formula is C17H21Cl2FN2O3. The normalized spacial score (nSPS) is 20.2. The summed E-state index contributed by atoms with van der Waals surface area (Å²) in [4.78, 5) is 11.3. The lowest BCUT2D eigenvalue weighted by atomic mass is 10.0. The third kappa shape index (κ3) is 4.73. The molecule has 5 nitrogen and oxygen atoms in total. The van der Waals surface area contributed by atoms with Gasteiger partial charge in [0.15, 0.2) is 0 Å². The zero-order valence-corrected chi connectivity index (χ0v) is 15.0. The van der Waals surface area contributed by atoms with E-state index in [1.54, 1.807) is 4.57 Å². The molecule has 0 amide bonds. The number of carbonyl (C=O) groups is 1. The van der Waals surface area contributed by atoms with E-state index >= 15 is 0 Å². The number of fused-ring (bicyclic) bond motifs is 1. The van der Waals surface area contributed by atoms with Crippen LogP contribution in [0.3, 0.4) is 0 Å². The summed E-state index contributed by atoms with van der Waals surface area (Å²) in [5.74, 6) is -1.43. The molecular weight excluding hydrogens is 370 g/mol. The van der Waals surface area contributed by atoms with Gasteiger partial charge in [0.2, 0.25) is 0 Å². The van der Waals surface area contributed by atoms with Crippen LogP contribution in [0.1, 0.15) is 23.2 Å². The van der Waals surface area contributed by atoms with Gasteiger partial charge >= 0.3 is 5.97 Å². The molecule has 0 spiro atoms.